The molecule has 1 aromatic carbocycles. The van der Waals surface area contributed by atoms with Gasteiger partial charge in [-0.05, 0) is 23.1 Å². The average Bonchev–Trinajstić information content (AvgIpc) is 2.27. The molecule has 1 aromatic rings. The van der Waals surface area contributed by atoms with Gasteiger partial charge < -0.3 is 15.3 Å². The Hall–Kier alpha value is -2.04. The van der Waals surface area contributed by atoms with E-state index in [0.29, 0.717) is 5.69 Å². The number of carboxylic acid groups (broad SMARTS) is 1. The highest BCUT2D eigenvalue weighted by molar-refractivity contribution is 5.91. The minimum absolute atomic E-state index is 0.0582. The highest BCUT2D eigenvalue weighted by atomic mass is 16.4. The first-order chi connectivity index (χ1) is 8.70. The summed E-state index contributed by atoms with van der Waals surface area (Å²) < 4.78 is 0. The number of hydrogen-bond acceptors (Lipinski definition) is 2. The van der Waals surface area contributed by atoms with Crippen LogP contribution in [0, 0.1) is 0 Å². The fraction of sp³-hybridized carbons (Fsp3) is 0.429. The number of aliphatic carboxylic acids is 1. The van der Waals surface area contributed by atoms with Crippen LogP contribution < -0.4 is 5.32 Å². The normalized spacial score (nSPS) is 10.9. The fourth-order valence-corrected chi connectivity index (χ4v) is 1.55. The first-order valence-corrected chi connectivity index (χ1v) is 6.04. The van der Waals surface area contributed by atoms with Crippen molar-refractivity contribution in [2.75, 3.05) is 18.9 Å². The summed E-state index contributed by atoms with van der Waals surface area (Å²) in [6.45, 7) is 6.01. The molecule has 19 heavy (non-hydrogen) atoms. The van der Waals surface area contributed by atoms with Gasteiger partial charge in [-0.1, -0.05) is 32.9 Å². The van der Waals surface area contributed by atoms with E-state index in [1.807, 2.05) is 24.3 Å². The Kier molecular flexibility index (Phi) is 4.53. The minimum Gasteiger partial charge on any atom is -0.480 e. The van der Waals surface area contributed by atoms with Gasteiger partial charge in [0.25, 0.3) is 0 Å². The largest absolute Gasteiger partial charge is 0.480 e. The number of hydrogen-bond donors (Lipinski definition) is 2. The van der Waals surface area contributed by atoms with Crippen molar-refractivity contribution in [1.29, 1.82) is 0 Å². The zero-order valence-corrected chi connectivity index (χ0v) is 11.7. The molecule has 0 saturated heterocycles. The van der Waals surface area contributed by atoms with Gasteiger partial charge in [-0.2, -0.15) is 0 Å². The van der Waals surface area contributed by atoms with E-state index in [1.54, 1.807) is 0 Å². The Bertz CT molecular complexity index is 461. The van der Waals surface area contributed by atoms with Crippen molar-refractivity contribution >= 4 is 17.7 Å². The second-order valence-corrected chi connectivity index (χ2v) is 5.51. The van der Waals surface area contributed by atoms with Crippen LogP contribution in [-0.4, -0.2) is 35.6 Å². The molecule has 0 saturated carbocycles. The first-order valence-electron chi connectivity index (χ1n) is 6.04. The summed E-state index contributed by atoms with van der Waals surface area (Å²) in [6.07, 6.45) is 0. The van der Waals surface area contributed by atoms with Crippen LogP contribution in [0.4, 0.5) is 10.5 Å². The number of benzene rings is 1. The molecule has 0 aliphatic heterocycles. The highest BCUT2D eigenvalue weighted by Gasteiger charge is 2.14. The molecule has 0 atom stereocenters. The molecule has 0 aromatic heterocycles. The SMILES string of the molecule is CN(CC(=O)O)C(=O)Nc1ccc(C(C)(C)C)cc1. The van der Waals surface area contributed by atoms with Gasteiger partial charge in [-0.15, -0.1) is 0 Å². The van der Waals surface area contributed by atoms with E-state index in [-0.39, 0.29) is 12.0 Å². The van der Waals surface area contributed by atoms with E-state index in [2.05, 4.69) is 26.1 Å². The number of nitrogens with one attached hydrogen (secondary N) is 1. The van der Waals surface area contributed by atoms with Crippen LogP contribution in [-0.2, 0) is 10.2 Å². The number of nitrogens with zero attached hydrogens (tertiary/aromatic N) is 1. The van der Waals surface area contributed by atoms with Crippen LogP contribution in [0.25, 0.3) is 0 Å². The monoisotopic (exact) mass is 264 g/mol. The van der Waals surface area contributed by atoms with Crippen LogP contribution in [0.2, 0.25) is 0 Å². The molecule has 0 aliphatic rings. The maximum absolute atomic E-state index is 11.7. The van der Waals surface area contributed by atoms with E-state index < -0.39 is 12.0 Å². The molecule has 0 radical (unpaired) electrons. The second-order valence-electron chi connectivity index (χ2n) is 5.51. The number of anilines is 1. The summed E-state index contributed by atoms with van der Waals surface area (Å²) in [5.41, 5.74) is 1.88. The molecule has 5 heteroatoms. The summed E-state index contributed by atoms with van der Waals surface area (Å²) in [6, 6.07) is 7.09. The topological polar surface area (TPSA) is 69.6 Å². The van der Waals surface area contributed by atoms with Gasteiger partial charge in [0.2, 0.25) is 0 Å². The Balaban J connectivity index is 2.68. The van der Waals surface area contributed by atoms with E-state index in [4.69, 9.17) is 5.11 Å². The second kappa shape index (κ2) is 5.73. The summed E-state index contributed by atoms with van der Waals surface area (Å²) in [5, 5.41) is 11.3. The predicted octanol–water partition coefficient (Wildman–Crippen LogP) is 2.53. The van der Waals surface area contributed by atoms with Crippen LogP contribution in [0.1, 0.15) is 26.3 Å². The minimum atomic E-state index is -1.04. The number of carbonyl (C=O) groups is 2. The molecule has 5 nitrogen and oxygen atoms in total. The van der Waals surface area contributed by atoms with E-state index in [9.17, 15) is 9.59 Å². The predicted molar refractivity (Wildman–Crippen MR) is 74.4 cm³/mol. The molecule has 104 valence electrons. The van der Waals surface area contributed by atoms with Gasteiger partial charge in [0.15, 0.2) is 0 Å². The van der Waals surface area contributed by atoms with E-state index >= 15 is 0 Å². The third-order valence-corrected chi connectivity index (χ3v) is 2.72. The van der Waals surface area contributed by atoms with E-state index in [0.717, 1.165) is 4.90 Å². The summed E-state index contributed by atoms with van der Waals surface area (Å²) in [7, 11) is 1.44. The lowest BCUT2D eigenvalue weighted by molar-refractivity contribution is -0.137. The quantitative estimate of drug-likeness (QED) is 0.881. The average molecular weight is 264 g/mol. The molecule has 0 aliphatic carbocycles. The smallest absolute Gasteiger partial charge is 0.323 e. The Morgan fingerprint density at radius 3 is 2.16 bits per heavy atom. The summed E-state index contributed by atoms with van der Waals surface area (Å²) in [4.78, 5) is 23.3. The number of rotatable bonds is 3. The maximum Gasteiger partial charge on any atom is 0.323 e. The zero-order chi connectivity index (χ0) is 14.6. The van der Waals surface area contributed by atoms with Crippen molar-refractivity contribution < 1.29 is 14.7 Å². The van der Waals surface area contributed by atoms with Gasteiger partial charge >= 0.3 is 12.0 Å². The van der Waals surface area contributed by atoms with Crippen LogP contribution in [0.3, 0.4) is 0 Å². The molecule has 2 amide bonds. The number of carbonyl (C=O) groups excluding carboxylic acids is 1. The number of amides is 2. The van der Waals surface area contributed by atoms with Gasteiger partial charge in [0.1, 0.15) is 6.54 Å². The van der Waals surface area contributed by atoms with Gasteiger partial charge in [0, 0.05) is 12.7 Å². The van der Waals surface area contributed by atoms with Gasteiger partial charge in [-0.25, -0.2) is 4.79 Å². The molecule has 1 rings (SSSR count). The molecule has 2 N–H and O–H groups in total. The molecule has 0 bridgehead atoms. The van der Waals surface area contributed by atoms with Crippen molar-refractivity contribution in [2.24, 2.45) is 0 Å². The maximum atomic E-state index is 11.7. The molecule has 0 unspecified atom stereocenters. The molecular formula is C14H20N2O3. The highest BCUT2D eigenvalue weighted by Crippen LogP contribution is 2.23. The Morgan fingerprint density at radius 1 is 1.21 bits per heavy atom. The molecule has 0 fully saturated rings. The summed E-state index contributed by atoms with van der Waals surface area (Å²) in [5.74, 6) is -1.04. The third-order valence-electron chi connectivity index (χ3n) is 2.72. The molecule has 0 heterocycles. The van der Waals surface area contributed by atoms with Crippen LogP contribution in [0.15, 0.2) is 24.3 Å². The number of carboxylic acids is 1. The van der Waals surface area contributed by atoms with Crippen LogP contribution in [0.5, 0.6) is 0 Å². The van der Waals surface area contributed by atoms with Gasteiger partial charge in [0.05, 0.1) is 0 Å². The van der Waals surface area contributed by atoms with E-state index in [1.165, 1.54) is 12.6 Å². The lowest BCUT2D eigenvalue weighted by Crippen LogP contribution is -2.35. The first kappa shape index (κ1) is 15.0. The Morgan fingerprint density at radius 2 is 1.74 bits per heavy atom. The third kappa shape index (κ3) is 4.62. The van der Waals surface area contributed by atoms with Crippen molar-refractivity contribution in [3.8, 4) is 0 Å². The van der Waals surface area contributed by atoms with Gasteiger partial charge in [-0.3, -0.25) is 4.79 Å². The zero-order valence-electron chi connectivity index (χ0n) is 11.7. The number of likely N-dealkylation sites (N-methyl/N-ethyl adjacent to an activating group) is 1. The lowest BCUT2D eigenvalue weighted by Gasteiger charge is -2.20. The van der Waals surface area contributed by atoms with Crippen LogP contribution >= 0.6 is 0 Å². The van der Waals surface area contributed by atoms with Crippen molar-refractivity contribution in [2.45, 2.75) is 26.2 Å². The lowest BCUT2D eigenvalue weighted by atomic mass is 9.87. The fourth-order valence-electron chi connectivity index (χ4n) is 1.55. The Labute approximate surface area is 113 Å². The molecular weight excluding hydrogens is 244 g/mol. The molecule has 0 spiro atoms. The van der Waals surface area contributed by atoms with Crippen molar-refractivity contribution in [3.05, 3.63) is 29.8 Å². The van der Waals surface area contributed by atoms with Crippen molar-refractivity contribution in [1.82, 2.24) is 4.90 Å². The van der Waals surface area contributed by atoms with Crippen molar-refractivity contribution in [3.63, 3.8) is 0 Å². The number of urea groups is 1. The summed E-state index contributed by atoms with van der Waals surface area (Å²) >= 11 is 0. The standard InChI is InChI=1S/C14H20N2O3/c1-14(2,3)10-5-7-11(8-6-10)15-13(19)16(4)9-12(17)18/h5-8H,9H2,1-4H3,(H,15,19)(H,17,18).